The van der Waals surface area contributed by atoms with Gasteiger partial charge in [0.1, 0.15) is 0 Å². The molecule has 0 aliphatic heterocycles. The van der Waals surface area contributed by atoms with Crippen molar-refractivity contribution in [3.8, 4) is 0 Å². The Morgan fingerprint density at radius 3 is 1.71 bits per heavy atom. The van der Waals surface area contributed by atoms with Gasteiger partial charge < -0.3 is 12.3 Å². The molecular formula is C7H18O3Si4. The van der Waals surface area contributed by atoms with E-state index in [-0.39, 0.29) is 0 Å². The lowest BCUT2D eigenvalue weighted by molar-refractivity contribution is 0.271. The van der Waals surface area contributed by atoms with Crippen molar-refractivity contribution >= 4 is 38.1 Å². The number of hydrogen-bond acceptors (Lipinski definition) is 3. The van der Waals surface area contributed by atoms with Crippen LogP contribution in [0.25, 0.3) is 0 Å². The van der Waals surface area contributed by atoms with Gasteiger partial charge in [-0.15, -0.1) is 0 Å². The van der Waals surface area contributed by atoms with Crippen molar-refractivity contribution in [1.82, 2.24) is 0 Å². The molecule has 0 aromatic rings. The molecule has 0 rings (SSSR count). The van der Waals surface area contributed by atoms with Crippen LogP contribution < -0.4 is 0 Å². The van der Waals surface area contributed by atoms with E-state index in [1.165, 1.54) is 0 Å². The Balaban J connectivity index is 4.53. The Morgan fingerprint density at radius 1 is 1.07 bits per heavy atom. The summed E-state index contributed by atoms with van der Waals surface area (Å²) in [5.41, 5.74) is 0. The Hall–Kier alpha value is 0.748. The first-order chi connectivity index (χ1) is 6.24. The van der Waals surface area contributed by atoms with E-state index >= 15 is 0 Å². The Labute approximate surface area is 96.1 Å². The average Bonchev–Trinajstić information content (AvgIpc) is 1.99. The van der Waals surface area contributed by atoms with E-state index in [0.717, 1.165) is 6.04 Å². The van der Waals surface area contributed by atoms with Crippen molar-refractivity contribution in [1.29, 1.82) is 0 Å². The van der Waals surface area contributed by atoms with Gasteiger partial charge >= 0.3 is 8.80 Å². The van der Waals surface area contributed by atoms with Crippen molar-refractivity contribution < 1.29 is 12.3 Å². The third-order valence-corrected chi connectivity index (χ3v) is 8.93. The summed E-state index contributed by atoms with van der Waals surface area (Å²) in [6, 6.07) is 0.796. The van der Waals surface area contributed by atoms with Crippen LogP contribution >= 0.6 is 0 Å². The van der Waals surface area contributed by atoms with Gasteiger partial charge in [0.15, 0.2) is 8.32 Å². The molecule has 0 unspecified atom stereocenters. The van der Waals surface area contributed by atoms with E-state index in [1.807, 2.05) is 0 Å². The summed E-state index contributed by atoms with van der Waals surface area (Å²) in [5.74, 6) is 0.478. The molecule has 0 aliphatic carbocycles. The highest BCUT2D eigenvalue weighted by molar-refractivity contribution is 6.81. The first kappa shape index (κ1) is 14.7. The van der Waals surface area contributed by atoms with Gasteiger partial charge in [-0.3, -0.25) is 0 Å². The van der Waals surface area contributed by atoms with Gasteiger partial charge in [0.25, 0.3) is 0 Å². The summed E-state index contributed by atoms with van der Waals surface area (Å²) in [6.07, 6.45) is 0. The van der Waals surface area contributed by atoms with Gasteiger partial charge in [-0.25, -0.2) is 0 Å². The molecule has 0 bridgehead atoms. The van der Waals surface area contributed by atoms with E-state index in [9.17, 15) is 0 Å². The Morgan fingerprint density at radius 2 is 1.50 bits per heavy atom. The van der Waals surface area contributed by atoms with Crippen LogP contribution in [0.5, 0.6) is 0 Å². The largest absolute Gasteiger partial charge is 0.469 e. The molecule has 80 valence electrons. The van der Waals surface area contributed by atoms with Crippen LogP contribution in [-0.4, -0.2) is 38.1 Å². The molecule has 0 saturated carbocycles. The molecule has 0 saturated heterocycles. The lowest BCUT2D eigenvalue weighted by atomic mass is 10.3. The van der Waals surface area contributed by atoms with Gasteiger partial charge in [-0.1, -0.05) is 13.8 Å². The summed E-state index contributed by atoms with van der Waals surface area (Å²) >= 11 is 0. The second-order valence-corrected chi connectivity index (χ2v) is 13.1. The van der Waals surface area contributed by atoms with Crippen molar-refractivity contribution in [3.05, 3.63) is 0 Å². The third-order valence-electron chi connectivity index (χ3n) is 1.43. The molecule has 6 radical (unpaired) electrons. The Bertz CT molecular complexity index is 165. The highest BCUT2D eigenvalue weighted by Gasteiger charge is 2.42. The molecule has 0 aromatic carbocycles. The molecule has 0 aromatic heterocycles. The van der Waals surface area contributed by atoms with Crippen LogP contribution in [0.2, 0.25) is 25.7 Å². The highest BCUT2D eigenvalue weighted by atomic mass is 28.5. The zero-order valence-electron chi connectivity index (χ0n) is 9.51. The molecule has 0 fully saturated rings. The summed E-state index contributed by atoms with van der Waals surface area (Å²) in [7, 11) is 1.93. The van der Waals surface area contributed by atoms with Gasteiger partial charge in [-0.05, 0) is 25.6 Å². The molecule has 0 amide bonds. The zero-order valence-corrected chi connectivity index (χ0v) is 13.5. The van der Waals surface area contributed by atoms with Crippen LogP contribution in [0, 0.1) is 5.92 Å². The summed E-state index contributed by atoms with van der Waals surface area (Å²) < 4.78 is 16.5. The average molecular weight is 263 g/mol. The smallest absolute Gasteiger partial charge is 0.417 e. The van der Waals surface area contributed by atoms with Crippen LogP contribution in [0.3, 0.4) is 0 Å². The van der Waals surface area contributed by atoms with E-state index in [4.69, 9.17) is 12.3 Å². The minimum Gasteiger partial charge on any atom is -0.417 e. The SMILES string of the molecule is CC(C)C[Si](O[Si])(O[Si])O[Si](C)(C)C. The monoisotopic (exact) mass is 262 g/mol. The normalized spacial score (nSPS) is 13.7. The van der Waals surface area contributed by atoms with Crippen LogP contribution in [0.4, 0.5) is 0 Å². The zero-order chi connectivity index (χ0) is 11.4. The predicted molar refractivity (Wildman–Crippen MR) is 63.5 cm³/mol. The predicted octanol–water partition coefficient (Wildman–Crippen LogP) is 1.63. The summed E-state index contributed by atoms with van der Waals surface area (Å²) in [5, 5.41) is 0. The van der Waals surface area contributed by atoms with Crippen molar-refractivity contribution in [2.24, 2.45) is 5.92 Å². The summed E-state index contributed by atoms with van der Waals surface area (Å²) in [4.78, 5) is 0. The molecule has 0 aliphatic rings. The van der Waals surface area contributed by atoms with E-state index in [1.54, 1.807) is 0 Å². The first-order valence-corrected chi connectivity index (χ1v) is 10.8. The van der Waals surface area contributed by atoms with E-state index in [0.29, 0.717) is 5.92 Å². The quantitative estimate of drug-likeness (QED) is 0.681. The maximum absolute atomic E-state index is 5.97. The fourth-order valence-corrected chi connectivity index (χ4v) is 8.51. The minimum absolute atomic E-state index is 0.478. The van der Waals surface area contributed by atoms with Crippen LogP contribution in [-0.2, 0) is 12.3 Å². The molecule has 0 atom stereocenters. The maximum atomic E-state index is 5.97. The van der Waals surface area contributed by atoms with Crippen LogP contribution in [0.15, 0.2) is 0 Å². The Kier molecular flexibility index (Phi) is 6.03. The van der Waals surface area contributed by atoms with Gasteiger partial charge in [-0.2, -0.15) is 0 Å². The first-order valence-electron chi connectivity index (χ1n) is 4.64. The second kappa shape index (κ2) is 5.73. The molecule has 0 N–H and O–H groups in total. The minimum atomic E-state index is -2.55. The number of hydrogen-bond donors (Lipinski definition) is 0. The van der Waals surface area contributed by atoms with Gasteiger partial charge in [0, 0.05) is 6.04 Å². The molecule has 7 heteroatoms. The molecule has 14 heavy (non-hydrogen) atoms. The van der Waals surface area contributed by atoms with Crippen LogP contribution in [0.1, 0.15) is 13.8 Å². The second-order valence-electron chi connectivity index (χ2n) is 4.70. The fourth-order valence-electron chi connectivity index (χ4n) is 1.15. The standard InChI is InChI=1S/C7H18O3Si4/c1-7(2)6-14(8-11,9-12)10-13(3,4)5/h7H,6H2,1-5H3. The van der Waals surface area contributed by atoms with Gasteiger partial charge in [0.05, 0.1) is 0 Å². The molecule has 0 spiro atoms. The molecule has 3 nitrogen and oxygen atoms in total. The summed E-state index contributed by atoms with van der Waals surface area (Å²) in [6.45, 7) is 10.6. The van der Waals surface area contributed by atoms with Gasteiger partial charge in [0.2, 0.25) is 21.0 Å². The van der Waals surface area contributed by atoms with Crippen molar-refractivity contribution in [2.75, 3.05) is 0 Å². The van der Waals surface area contributed by atoms with E-state index in [2.05, 4.69) is 54.5 Å². The van der Waals surface area contributed by atoms with Crippen molar-refractivity contribution in [3.63, 3.8) is 0 Å². The maximum Gasteiger partial charge on any atom is 0.469 e. The fraction of sp³-hybridized carbons (Fsp3) is 1.00. The lowest BCUT2D eigenvalue weighted by Crippen LogP contribution is -2.52. The molecule has 0 heterocycles. The lowest BCUT2D eigenvalue weighted by Gasteiger charge is -2.34. The highest BCUT2D eigenvalue weighted by Crippen LogP contribution is 2.23. The van der Waals surface area contributed by atoms with E-state index < -0.39 is 17.1 Å². The molecular weight excluding hydrogens is 244 g/mol. The van der Waals surface area contributed by atoms with Crippen molar-refractivity contribution in [2.45, 2.75) is 39.5 Å². The number of rotatable bonds is 6. The topological polar surface area (TPSA) is 27.7 Å². The third kappa shape index (κ3) is 5.59.